The van der Waals surface area contributed by atoms with Gasteiger partial charge in [-0.3, -0.25) is 79.8 Å². The zero-order valence-corrected chi connectivity index (χ0v) is 57.7. The van der Waals surface area contributed by atoms with Crippen molar-refractivity contribution < 1.29 is 62.2 Å². The lowest BCUT2D eigenvalue weighted by Gasteiger charge is -2.28. The molecule has 100 heavy (non-hydrogen) atoms. The summed E-state index contributed by atoms with van der Waals surface area (Å²) in [4.78, 5) is 155. The molecule has 0 aromatic carbocycles. The third-order valence-electron chi connectivity index (χ3n) is 15.3. The van der Waals surface area contributed by atoms with Crippen LogP contribution >= 0.6 is 0 Å². The molecule has 0 aromatic heterocycles. The van der Waals surface area contributed by atoms with E-state index >= 15 is 0 Å². The average molecular weight is 1420 g/mol. The summed E-state index contributed by atoms with van der Waals surface area (Å²) in [6.07, 6.45) is 6.27. The van der Waals surface area contributed by atoms with Crippen molar-refractivity contribution in [3.63, 3.8) is 0 Å². The van der Waals surface area contributed by atoms with E-state index in [1.54, 1.807) is 0 Å². The summed E-state index contributed by atoms with van der Waals surface area (Å²) in [6, 6.07) is -11.9. The number of nitrogens with one attached hydrogen (secondary N) is 20. The van der Waals surface area contributed by atoms with E-state index in [0.29, 0.717) is 32.2 Å². The van der Waals surface area contributed by atoms with Crippen molar-refractivity contribution in [2.24, 2.45) is 40.1 Å². The number of rotatable bonds is 47. The Morgan fingerprint density at radius 3 is 1.09 bits per heavy atom. The fourth-order valence-electron chi connectivity index (χ4n) is 9.95. The molecule has 0 aliphatic carbocycles. The van der Waals surface area contributed by atoms with Crippen LogP contribution in [0.1, 0.15) is 155 Å². The van der Waals surface area contributed by atoms with E-state index in [1.807, 2.05) is 0 Å². The summed E-state index contributed by atoms with van der Waals surface area (Å²) in [5, 5.41) is 77.8. The van der Waals surface area contributed by atoms with Gasteiger partial charge in [-0.05, 0) is 103 Å². The number of carbonyl (C=O) groups is 11. The van der Waals surface area contributed by atoms with E-state index < -0.39 is 169 Å². The van der Waals surface area contributed by atoms with E-state index in [9.17, 15) is 52.7 Å². The van der Waals surface area contributed by atoms with Crippen LogP contribution in [0.2, 0.25) is 0 Å². The van der Waals surface area contributed by atoms with Crippen LogP contribution in [0.4, 0.5) is 0 Å². The Morgan fingerprint density at radius 2 is 0.720 bits per heavy atom. The molecule has 40 heteroatoms. The highest BCUT2D eigenvalue weighted by Gasteiger charge is 2.36. The van der Waals surface area contributed by atoms with Crippen LogP contribution in [-0.2, 0) is 62.2 Å². The first kappa shape index (κ1) is 88.4. The first-order chi connectivity index (χ1) is 47.7. The van der Waals surface area contributed by atoms with Gasteiger partial charge in [-0.15, -0.1) is 0 Å². The van der Waals surface area contributed by atoms with Gasteiger partial charge in [0.05, 0.1) is 19.8 Å². The van der Waals surface area contributed by atoms with E-state index in [1.165, 1.54) is 0 Å². The number of ether oxygens (including phenoxy) is 2. The Morgan fingerprint density at radius 1 is 0.380 bits per heavy atom. The van der Waals surface area contributed by atoms with Gasteiger partial charge in [0.25, 0.3) is 0 Å². The molecule has 1 saturated heterocycles. The molecule has 1 rings (SSSR count). The van der Waals surface area contributed by atoms with Crippen molar-refractivity contribution in [3.05, 3.63) is 0 Å². The Labute approximate surface area is 583 Å². The molecule has 0 radical (unpaired) electrons. The first-order valence-corrected chi connectivity index (χ1v) is 34.2. The number of hydrogen-bond acceptors (Lipinski definition) is 19. The van der Waals surface area contributed by atoms with Crippen LogP contribution in [0.25, 0.3) is 0 Å². The molecule has 1 unspecified atom stereocenters. The molecule has 568 valence electrons. The monoisotopic (exact) mass is 1420 g/mol. The maximum absolute atomic E-state index is 14.9. The lowest BCUT2D eigenvalue weighted by atomic mass is 10.0. The number of carbonyl (C=O) groups excluding carboxylic acids is 11. The third kappa shape index (κ3) is 43.6. The van der Waals surface area contributed by atoms with Crippen LogP contribution in [0.15, 0.2) is 0 Å². The number of nitrogens with two attached hydrogens (primary N) is 7. The average Bonchev–Trinajstić information content (AvgIpc) is 1.03. The van der Waals surface area contributed by atoms with Crippen molar-refractivity contribution in [3.8, 4) is 0 Å². The first-order valence-electron chi connectivity index (χ1n) is 34.2. The van der Waals surface area contributed by atoms with Crippen molar-refractivity contribution in [1.29, 1.82) is 27.0 Å². The van der Waals surface area contributed by atoms with Crippen molar-refractivity contribution in [2.75, 3.05) is 78.8 Å². The third-order valence-corrected chi connectivity index (χ3v) is 15.3. The van der Waals surface area contributed by atoms with Gasteiger partial charge >= 0.3 is 0 Å². The van der Waals surface area contributed by atoms with E-state index in [-0.39, 0.29) is 130 Å². The topological polar surface area (TPSA) is 688 Å². The van der Waals surface area contributed by atoms with Crippen molar-refractivity contribution in [1.82, 2.24) is 79.8 Å². The van der Waals surface area contributed by atoms with E-state index in [4.69, 9.17) is 76.7 Å². The Kier molecular flexibility index (Phi) is 47.2. The van der Waals surface area contributed by atoms with Gasteiger partial charge in [-0.2, -0.15) is 0 Å². The second kappa shape index (κ2) is 53.4. The lowest BCUT2D eigenvalue weighted by Crippen LogP contribution is -2.61. The fourth-order valence-corrected chi connectivity index (χ4v) is 9.95. The summed E-state index contributed by atoms with van der Waals surface area (Å²) in [5.41, 5.74) is 38.6. The minimum atomic E-state index is -1.73. The maximum atomic E-state index is 14.9. The number of hydrogen-bond donors (Lipinski definition) is 27. The largest absolute Gasteiger partial charge is 0.377 e. The summed E-state index contributed by atoms with van der Waals surface area (Å²) in [6.45, 7) is 1.43. The normalized spacial score (nSPS) is 18.9. The zero-order valence-electron chi connectivity index (χ0n) is 57.7. The molecule has 0 aromatic rings. The molecule has 1 heterocycles. The summed E-state index contributed by atoms with van der Waals surface area (Å²) < 4.78 is 10.9. The standard InChI is InChI=1S/C60H115N27O13/c1-2-3-4-5-6-7-8-22-45(88)79-35-44-55(98)85-42(21-15-30-78-60(71)72)52(95)83-40(19-13-28-76-58(67)68)50(93)81-38(17-11-26-74-56(63)64)49(92)82-39(18-12-27-75-57(65)66)51(94)84-41(20-14-29-77-59(69)70)53(96)86-43(54(97)87-44)23-24-46(89)73-31-32-99-33-34-100-36-47(90)80-37(48(62)91)16-9-10-25-61/h37-44H,2-36,61H2,1H3,(H2,62,91)(H,73,89)(H,79,88)(H,80,90)(H,81,93)(H,82,92)(H,83,95)(H,84,94)(H,85,98)(H,86,96)(H,87,97)(H4,63,64,74)(H4,65,66,75)(H4,67,68,76)(H4,69,70,77)(H4,71,72,78)/t37?,38-,39-,40-,41-,42-,43-,44-/m0/s1. The Hall–Kier alpha value is -9.60. The van der Waals surface area contributed by atoms with Gasteiger partial charge in [0.15, 0.2) is 29.8 Å². The van der Waals surface area contributed by atoms with Crippen LogP contribution < -0.4 is 120 Å². The van der Waals surface area contributed by atoms with Crippen LogP contribution in [0.5, 0.6) is 0 Å². The smallest absolute Gasteiger partial charge is 0.246 e. The highest BCUT2D eigenvalue weighted by Crippen LogP contribution is 2.12. The van der Waals surface area contributed by atoms with Gasteiger partial charge in [0.1, 0.15) is 54.9 Å². The minimum Gasteiger partial charge on any atom is -0.377 e. The highest BCUT2D eigenvalue weighted by molar-refractivity contribution is 5.99. The molecule has 34 N–H and O–H groups in total. The molecule has 11 amide bonds. The number of primary amides is 1. The van der Waals surface area contributed by atoms with Crippen molar-refractivity contribution in [2.45, 2.75) is 203 Å². The van der Waals surface area contributed by atoms with Gasteiger partial charge in [-0.1, -0.05) is 45.4 Å². The predicted octanol–water partition coefficient (Wildman–Crippen LogP) is -7.00. The number of amides is 11. The van der Waals surface area contributed by atoms with Crippen LogP contribution in [0.3, 0.4) is 0 Å². The molecule has 8 atom stereocenters. The minimum absolute atomic E-state index is 0.0000671. The SMILES string of the molecule is CCCCCCCCCC(=O)NC[C@@H]1NC(=O)[C@H](CCC(=O)NCCOCCOCC(=O)NC(CCCCN)C(N)=O)NC(=O)[C@H](CCCNC(=N)N)NC(=O)[C@H](CCCNC(=N)N)NC(=O)[C@H](CCCNC(=N)N)NC(=O)[C@H](CCCNC(=N)N)NC(=O)[C@H](CCCNC(=N)N)NC1=O. The second-order valence-electron chi connectivity index (χ2n) is 23.9. The van der Waals surface area contributed by atoms with E-state index in [2.05, 4.69) is 86.7 Å². The van der Waals surface area contributed by atoms with Gasteiger partial charge < -0.3 is 129 Å². The van der Waals surface area contributed by atoms with Gasteiger partial charge in [-0.25, -0.2) is 0 Å². The number of unbranched alkanes of at least 4 members (excludes halogenated alkanes) is 7. The fraction of sp³-hybridized carbons (Fsp3) is 0.733. The quantitative estimate of drug-likeness (QED) is 0.0153. The molecule has 40 nitrogen and oxygen atoms in total. The molecule has 1 aliphatic heterocycles. The van der Waals surface area contributed by atoms with Gasteiger partial charge in [0.2, 0.25) is 65.0 Å². The van der Waals surface area contributed by atoms with Crippen LogP contribution in [0, 0.1) is 27.0 Å². The summed E-state index contributed by atoms with van der Waals surface area (Å²) >= 11 is 0. The zero-order chi connectivity index (χ0) is 74.6. The van der Waals surface area contributed by atoms with Crippen molar-refractivity contribution >= 4 is 94.8 Å². The summed E-state index contributed by atoms with van der Waals surface area (Å²) in [5.74, 6) is -11.4. The molecular weight excluding hydrogens is 1310 g/mol. The predicted molar refractivity (Wildman–Crippen MR) is 373 cm³/mol. The molecule has 0 bridgehead atoms. The lowest BCUT2D eigenvalue weighted by molar-refractivity contribution is -0.136. The maximum Gasteiger partial charge on any atom is 0.246 e. The van der Waals surface area contributed by atoms with Crippen LogP contribution in [-0.4, -0.2) is 222 Å². The molecule has 1 fully saturated rings. The second-order valence-corrected chi connectivity index (χ2v) is 23.9. The summed E-state index contributed by atoms with van der Waals surface area (Å²) in [7, 11) is 0. The molecule has 0 saturated carbocycles. The highest BCUT2D eigenvalue weighted by atomic mass is 16.5. The molecular formula is C60H115N27O13. The van der Waals surface area contributed by atoms with E-state index in [0.717, 1.165) is 38.5 Å². The van der Waals surface area contributed by atoms with Gasteiger partial charge in [0, 0.05) is 58.7 Å². The number of guanidine groups is 5. The molecule has 0 spiro atoms. The molecule has 1 aliphatic rings. The Balaban J connectivity index is 4.08. The Bertz CT molecular complexity index is 2620.